The fourth-order valence-corrected chi connectivity index (χ4v) is 1.16. The predicted octanol–water partition coefficient (Wildman–Crippen LogP) is 0.403. The Morgan fingerprint density at radius 1 is 1.62 bits per heavy atom. The van der Waals surface area contributed by atoms with E-state index in [2.05, 4.69) is 15.2 Å². The fraction of sp³-hybridized carbons (Fsp3) is 0.750. The molecule has 0 aliphatic heterocycles. The van der Waals surface area contributed by atoms with Crippen LogP contribution in [-0.4, -0.2) is 28.8 Å². The number of hydrogen-bond donors (Lipinski definition) is 2. The Morgan fingerprint density at radius 3 is 2.92 bits per heavy atom. The molecule has 5 nitrogen and oxygen atoms in total. The molecule has 74 valence electrons. The molecule has 0 amide bonds. The number of rotatable bonds is 5. The van der Waals surface area contributed by atoms with Crippen molar-refractivity contribution in [2.24, 2.45) is 5.73 Å². The number of aromatic amines is 1. The van der Waals surface area contributed by atoms with Crippen molar-refractivity contribution in [3.63, 3.8) is 0 Å². The van der Waals surface area contributed by atoms with Gasteiger partial charge in [0, 0.05) is 13.5 Å². The van der Waals surface area contributed by atoms with E-state index in [1.54, 1.807) is 7.11 Å². The van der Waals surface area contributed by atoms with E-state index in [0.29, 0.717) is 12.4 Å². The zero-order valence-corrected chi connectivity index (χ0v) is 8.08. The average molecular weight is 184 g/mol. The highest BCUT2D eigenvalue weighted by Gasteiger charge is 2.13. The van der Waals surface area contributed by atoms with Gasteiger partial charge in [0.15, 0.2) is 5.82 Å². The van der Waals surface area contributed by atoms with Crippen molar-refractivity contribution < 1.29 is 4.74 Å². The topological polar surface area (TPSA) is 76.8 Å². The van der Waals surface area contributed by atoms with Crippen LogP contribution in [0.4, 0.5) is 0 Å². The lowest BCUT2D eigenvalue weighted by Gasteiger charge is -2.06. The first-order chi connectivity index (χ1) is 6.31. The van der Waals surface area contributed by atoms with Gasteiger partial charge in [-0.05, 0) is 13.0 Å². The molecule has 0 aliphatic carbocycles. The number of hydrogen-bond acceptors (Lipinski definition) is 4. The molecule has 1 aromatic heterocycles. The molecule has 5 heteroatoms. The number of nitrogens with zero attached hydrogens (tertiary/aromatic N) is 2. The van der Waals surface area contributed by atoms with Crippen molar-refractivity contribution in [2.45, 2.75) is 25.9 Å². The normalized spacial score (nSPS) is 13.2. The van der Waals surface area contributed by atoms with Gasteiger partial charge in [-0.3, -0.25) is 5.10 Å². The van der Waals surface area contributed by atoms with E-state index in [-0.39, 0.29) is 6.10 Å². The summed E-state index contributed by atoms with van der Waals surface area (Å²) in [6.45, 7) is 2.62. The maximum absolute atomic E-state index is 5.39. The van der Waals surface area contributed by atoms with Gasteiger partial charge >= 0.3 is 0 Å². The molecule has 1 atom stereocenters. The summed E-state index contributed by atoms with van der Waals surface area (Å²) in [6.07, 6.45) is 1.59. The molecule has 0 spiro atoms. The Hall–Kier alpha value is -0.940. The van der Waals surface area contributed by atoms with Crippen molar-refractivity contribution in [3.05, 3.63) is 11.6 Å². The number of nitrogens with two attached hydrogens (primary N) is 1. The molecule has 0 radical (unpaired) electrons. The van der Waals surface area contributed by atoms with Crippen molar-refractivity contribution in [3.8, 4) is 0 Å². The molecule has 0 saturated carbocycles. The summed E-state index contributed by atoms with van der Waals surface area (Å²) >= 11 is 0. The predicted molar refractivity (Wildman–Crippen MR) is 49.2 cm³/mol. The van der Waals surface area contributed by atoms with E-state index in [9.17, 15) is 0 Å². The van der Waals surface area contributed by atoms with Crippen LogP contribution in [0.1, 0.15) is 31.1 Å². The number of H-pyrrole nitrogens is 1. The molecule has 0 fully saturated rings. The van der Waals surface area contributed by atoms with Gasteiger partial charge in [0.05, 0.1) is 0 Å². The monoisotopic (exact) mass is 184 g/mol. The van der Waals surface area contributed by atoms with Crippen LogP contribution in [0, 0.1) is 0 Å². The van der Waals surface area contributed by atoms with Crippen LogP contribution < -0.4 is 5.73 Å². The van der Waals surface area contributed by atoms with Crippen LogP contribution in [0.5, 0.6) is 0 Å². The summed E-state index contributed by atoms with van der Waals surface area (Å²) in [7, 11) is 1.66. The van der Waals surface area contributed by atoms with Crippen LogP contribution in [0.15, 0.2) is 0 Å². The van der Waals surface area contributed by atoms with E-state index >= 15 is 0 Å². The van der Waals surface area contributed by atoms with Crippen molar-refractivity contribution >= 4 is 0 Å². The molecule has 0 aromatic carbocycles. The van der Waals surface area contributed by atoms with Crippen LogP contribution in [-0.2, 0) is 11.2 Å². The molecule has 1 rings (SSSR count). The van der Waals surface area contributed by atoms with E-state index in [1.807, 2.05) is 6.92 Å². The summed E-state index contributed by atoms with van der Waals surface area (Å²) in [6, 6.07) is 0. The van der Waals surface area contributed by atoms with E-state index in [0.717, 1.165) is 18.7 Å². The highest BCUT2D eigenvalue weighted by Crippen LogP contribution is 2.15. The first-order valence-electron chi connectivity index (χ1n) is 4.45. The molecule has 3 N–H and O–H groups in total. The largest absolute Gasteiger partial charge is 0.373 e. The second-order valence-electron chi connectivity index (χ2n) is 2.81. The molecule has 0 saturated heterocycles. The zero-order valence-electron chi connectivity index (χ0n) is 8.08. The number of ether oxygens (including phenoxy) is 1. The van der Waals surface area contributed by atoms with Crippen molar-refractivity contribution in [1.82, 2.24) is 15.2 Å². The van der Waals surface area contributed by atoms with Crippen molar-refractivity contribution in [1.29, 1.82) is 0 Å². The average Bonchev–Trinajstić information content (AvgIpc) is 2.56. The Labute approximate surface area is 77.7 Å². The van der Waals surface area contributed by atoms with Crippen LogP contribution in [0.25, 0.3) is 0 Å². The molecule has 1 heterocycles. The van der Waals surface area contributed by atoms with Gasteiger partial charge in [-0.15, -0.1) is 0 Å². The van der Waals surface area contributed by atoms with E-state index in [4.69, 9.17) is 10.5 Å². The number of aromatic nitrogens is 3. The van der Waals surface area contributed by atoms with Crippen LogP contribution in [0.3, 0.4) is 0 Å². The second-order valence-corrected chi connectivity index (χ2v) is 2.81. The summed E-state index contributed by atoms with van der Waals surface area (Å²) in [4.78, 5) is 4.27. The maximum Gasteiger partial charge on any atom is 0.179 e. The number of nitrogens with one attached hydrogen (secondary N) is 1. The minimum atomic E-state index is -0.0113. The highest BCUT2D eigenvalue weighted by molar-refractivity contribution is 4.94. The summed E-state index contributed by atoms with van der Waals surface area (Å²) in [5.41, 5.74) is 5.39. The second kappa shape index (κ2) is 4.94. The summed E-state index contributed by atoms with van der Waals surface area (Å²) in [5.74, 6) is 1.54. The van der Waals surface area contributed by atoms with E-state index in [1.165, 1.54) is 0 Å². The Balaban J connectivity index is 2.66. The summed E-state index contributed by atoms with van der Waals surface area (Å²) in [5, 5.41) is 6.89. The van der Waals surface area contributed by atoms with Gasteiger partial charge in [-0.2, -0.15) is 5.10 Å². The zero-order chi connectivity index (χ0) is 9.68. The first-order valence-corrected chi connectivity index (χ1v) is 4.45. The third kappa shape index (κ3) is 2.50. The Kier molecular flexibility index (Phi) is 3.85. The van der Waals surface area contributed by atoms with Gasteiger partial charge in [-0.25, -0.2) is 4.98 Å². The van der Waals surface area contributed by atoms with Gasteiger partial charge in [0.25, 0.3) is 0 Å². The molecule has 1 aromatic rings. The lowest BCUT2D eigenvalue weighted by Crippen LogP contribution is -2.05. The maximum atomic E-state index is 5.39. The quantitative estimate of drug-likeness (QED) is 0.694. The molecule has 13 heavy (non-hydrogen) atoms. The SMILES string of the molecule is CCC(OC)c1n[nH]c(CCN)n1. The smallest absolute Gasteiger partial charge is 0.179 e. The molecule has 1 unspecified atom stereocenters. The fourth-order valence-electron chi connectivity index (χ4n) is 1.16. The molecular formula is C8H16N4O. The molecular weight excluding hydrogens is 168 g/mol. The third-order valence-corrected chi connectivity index (χ3v) is 1.87. The number of methoxy groups -OCH3 is 1. The van der Waals surface area contributed by atoms with Gasteiger partial charge < -0.3 is 10.5 Å². The lowest BCUT2D eigenvalue weighted by atomic mass is 10.2. The first kappa shape index (κ1) is 10.1. The van der Waals surface area contributed by atoms with Gasteiger partial charge in [-0.1, -0.05) is 6.92 Å². The molecule has 0 aliphatic rings. The van der Waals surface area contributed by atoms with Crippen LogP contribution >= 0.6 is 0 Å². The van der Waals surface area contributed by atoms with Gasteiger partial charge in [0.1, 0.15) is 11.9 Å². The Morgan fingerprint density at radius 2 is 2.38 bits per heavy atom. The summed E-state index contributed by atoms with van der Waals surface area (Å²) < 4.78 is 5.20. The minimum absolute atomic E-state index is 0.0113. The Bertz CT molecular complexity index is 244. The third-order valence-electron chi connectivity index (χ3n) is 1.87. The van der Waals surface area contributed by atoms with Gasteiger partial charge in [0.2, 0.25) is 0 Å². The van der Waals surface area contributed by atoms with Crippen LogP contribution in [0.2, 0.25) is 0 Å². The van der Waals surface area contributed by atoms with Crippen molar-refractivity contribution in [2.75, 3.05) is 13.7 Å². The van der Waals surface area contributed by atoms with E-state index < -0.39 is 0 Å². The molecule has 0 bridgehead atoms. The lowest BCUT2D eigenvalue weighted by molar-refractivity contribution is 0.0928. The minimum Gasteiger partial charge on any atom is -0.373 e. The standard InChI is InChI=1S/C8H16N4O/c1-3-6(13-2)8-10-7(4-5-9)11-12-8/h6H,3-5,9H2,1-2H3,(H,10,11,12). The highest BCUT2D eigenvalue weighted by atomic mass is 16.5.